The Morgan fingerprint density at radius 1 is 1.12 bits per heavy atom. The third kappa shape index (κ3) is 4.42. The molecule has 3 aromatic heterocycles. The quantitative estimate of drug-likeness (QED) is 0.393. The molecule has 0 atom stereocenters. The Labute approximate surface area is 197 Å². The molecule has 1 saturated heterocycles. The minimum atomic E-state index is -0.0475. The first-order valence-electron chi connectivity index (χ1n) is 9.96. The van der Waals surface area contributed by atoms with E-state index in [1.807, 2.05) is 33.0 Å². The number of halogens is 2. The highest BCUT2D eigenvalue weighted by Gasteiger charge is 2.22. The van der Waals surface area contributed by atoms with Crippen LogP contribution in [0.3, 0.4) is 0 Å². The maximum atomic E-state index is 12.6. The Balaban J connectivity index is 1.16. The topological polar surface area (TPSA) is 79.8 Å². The number of hydrogen-bond acceptors (Lipinski definition) is 7. The second kappa shape index (κ2) is 9.03. The van der Waals surface area contributed by atoms with Crippen molar-refractivity contribution in [3.8, 4) is 11.4 Å². The number of benzene rings is 1. The number of aromatic nitrogens is 4. The van der Waals surface area contributed by atoms with Gasteiger partial charge < -0.3 is 9.42 Å². The van der Waals surface area contributed by atoms with Crippen LogP contribution in [-0.4, -0.2) is 61.4 Å². The highest BCUT2D eigenvalue weighted by Crippen LogP contribution is 2.23. The Morgan fingerprint density at radius 2 is 1.91 bits per heavy atom. The maximum Gasteiger partial charge on any atom is 0.246 e. The molecular weight excluding hydrogens is 471 g/mol. The van der Waals surface area contributed by atoms with Crippen LogP contribution in [0.5, 0.6) is 0 Å². The van der Waals surface area contributed by atoms with Gasteiger partial charge in [-0.3, -0.25) is 14.1 Å². The molecule has 5 rings (SSSR count). The number of carbonyl (C=O) groups is 1. The minimum absolute atomic E-state index is 0.0475. The summed E-state index contributed by atoms with van der Waals surface area (Å²) < 4.78 is 7.27. The van der Waals surface area contributed by atoms with Crippen LogP contribution in [0.2, 0.25) is 10.2 Å². The van der Waals surface area contributed by atoms with E-state index in [0.29, 0.717) is 47.2 Å². The van der Waals surface area contributed by atoms with E-state index in [4.69, 9.17) is 27.7 Å². The van der Waals surface area contributed by atoms with E-state index >= 15 is 0 Å². The van der Waals surface area contributed by atoms with E-state index in [-0.39, 0.29) is 5.91 Å². The van der Waals surface area contributed by atoms with Gasteiger partial charge in [0.2, 0.25) is 17.6 Å². The molecule has 8 nitrogen and oxygen atoms in total. The number of amides is 1. The molecule has 4 aromatic rings. The summed E-state index contributed by atoms with van der Waals surface area (Å²) in [7, 11) is 0. The molecule has 1 amide bonds. The zero-order chi connectivity index (χ0) is 22.1. The second-order valence-corrected chi connectivity index (χ2v) is 8.96. The number of imidazole rings is 1. The average Bonchev–Trinajstić information content (AvgIpc) is 3.50. The van der Waals surface area contributed by atoms with Gasteiger partial charge in [0.25, 0.3) is 0 Å². The van der Waals surface area contributed by atoms with E-state index in [1.54, 1.807) is 24.3 Å². The smallest absolute Gasteiger partial charge is 0.246 e. The summed E-state index contributed by atoms with van der Waals surface area (Å²) in [5.74, 6) is 1.03. The molecule has 164 valence electrons. The zero-order valence-electron chi connectivity index (χ0n) is 16.8. The Morgan fingerprint density at radius 3 is 2.69 bits per heavy atom. The van der Waals surface area contributed by atoms with Gasteiger partial charge in [-0.15, -0.1) is 11.3 Å². The second-order valence-electron chi connectivity index (χ2n) is 7.30. The van der Waals surface area contributed by atoms with Crippen molar-refractivity contribution in [2.45, 2.75) is 6.54 Å². The van der Waals surface area contributed by atoms with Gasteiger partial charge in [0.15, 0.2) is 10.1 Å². The van der Waals surface area contributed by atoms with Crippen LogP contribution in [0.25, 0.3) is 22.4 Å². The van der Waals surface area contributed by atoms with Crippen molar-refractivity contribution in [3.63, 3.8) is 0 Å². The number of rotatable bonds is 5. The number of nitrogens with zero attached hydrogens (tertiary/aromatic N) is 6. The van der Waals surface area contributed by atoms with E-state index in [1.165, 1.54) is 11.3 Å². The van der Waals surface area contributed by atoms with Gasteiger partial charge in [-0.05, 0) is 30.3 Å². The number of fused-ring (bicyclic) bond motifs is 1. The summed E-state index contributed by atoms with van der Waals surface area (Å²) >= 11 is 13.6. The summed E-state index contributed by atoms with van der Waals surface area (Å²) in [6, 6.07) is 7.30. The van der Waals surface area contributed by atoms with Crippen molar-refractivity contribution in [1.29, 1.82) is 0 Å². The van der Waals surface area contributed by atoms with Crippen LogP contribution in [0.4, 0.5) is 0 Å². The number of hydrogen-bond donors (Lipinski definition) is 0. The number of thiazole rings is 1. The summed E-state index contributed by atoms with van der Waals surface area (Å²) in [6.45, 7) is 3.23. The van der Waals surface area contributed by atoms with E-state index in [0.717, 1.165) is 23.6 Å². The lowest BCUT2D eigenvalue weighted by molar-refractivity contribution is -0.127. The predicted octanol–water partition coefficient (Wildman–Crippen LogP) is 4.11. The fourth-order valence-electron chi connectivity index (χ4n) is 3.53. The Hall–Kier alpha value is -2.72. The zero-order valence-corrected chi connectivity index (χ0v) is 19.1. The van der Waals surface area contributed by atoms with Gasteiger partial charge in [-0.1, -0.05) is 28.4 Å². The van der Waals surface area contributed by atoms with Crippen molar-refractivity contribution < 1.29 is 9.32 Å². The van der Waals surface area contributed by atoms with Crippen LogP contribution in [0.1, 0.15) is 11.6 Å². The molecule has 1 aliphatic heterocycles. The molecule has 0 N–H and O–H groups in total. The third-order valence-corrected chi connectivity index (χ3v) is 6.54. The predicted molar refractivity (Wildman–Crippen MR) is 124 cm³/mol. The summed E-state index contributed by atoms with van der Waals surface area (Å²) in [5.41, 5.74) is 1.56. The summed E-state index contributed by atoms with van der Waals surface area (Å²) in [5, 5.41) is 7.03. The van der Waals surface area contributed by atoms with Crippen molar-refractivity contribution in [3.05, 3.63) is 63.7 Å². The molecule has 1 aromatic carbocycles. The monoisotopic (exact) mass is 488 g/mol. The highest BCUT2D eigenvalue weighted by molar-refractivity contribution is 7.15. The van der Waals surface area contributed by atoms with Gasteiger partial charge in [0.05, 0.1) is 12.2 Å². The van der Waals surface area contributed by atoms with E-state index in [2.05, 4.69) is 20.0 Å². The SMILES string of the molecule is O=C(/C=C/c1c(Cl)nc2sccn12)N1CCN(Cc2nc(-c3ccc(Cl)cc3)no2)CC1. The van der Waals surface area contributed by atoms with Gasteiger partial charge >= 0.3 is 0 Å². The van der Waals surface area contributed by atoms with Gasteiger partial charge in [0, 0.05) is 54.4 Å². The van der Waals surface area contributed by atoms with E-state index in [9.17, 15) is 4.79 Å². The first-order chi connectivity index (χ1) is 15.6. The molecule has 0 bridgehead atoms. The Kier molecular flexibility index (Phi) is 5.97. The normalized spacial score (nSPS) is 15.2. The first kappa shape index (κ1) is 21.1. The van der Waals surface area contributed by atoms with Crippen molar-refractivity contribution in [1.82, 2.24) is 29.3 Å². The fraction of sp³-hybridized carbons (Fsp3) is 0.238. The first-order valence-corrected chi connectivity index (χ1v) is 11.6. The average molecular weight is 489 g/mol. The molecule has 0 saturated carbocycles. The summed E-state index contributed by atoms with van der Waals surface area (Å²) in [4.78, 5) is 26.2. The fourth-order valence-corrected chi connectivity index (χ4v) is 4.67. The molecular formula is C21H18Cl2N6O2S. The largest absolute Gasteiger partial charge is 0.338 e. The molecule has 4 heterocycles. The van der Waals surface area contributed by atoms with Crippen LogP contribution >= 0.6 is 34.5 Å². The van der Waals surface area contributed by atoms with Crippen LogP contribution in [0.15, 0.2) is 46.4 Å². The summed E-state index contributed by atoms with van der Waals surface area (Å²) in [6.07, 6.45) is 5.16. The minimum Gasteiger partial charge on any atom is -0.338 e. The third-order valence-electron chi connectivity index (χ3n) is 5.25. The molecule has 11 heteroatoms. The molecule has 0 spiro atoms. The van der Waals surface area contributed by atoms with Crippen LogP contribution in [-0.2, 0) is 11.3 Å². The van der Waals surface area contributed by atoms with Crippen LogP contribution in [0, 0.1) is 0 Å². The van der Waals surface area contributed by atoms with Crippen molar-refractivity contribution >= 4 is 51.5 Å². The molecule has 0 radical (unpaired) electrons. The number of carbonyl (C=O) groups excluding carboxylic acids is 1. The molecule has 0 aliphatic carbocycles. The lowest BCUT2D eigenvalue weighted by Gasteiger charge is -2.33. The van der Waals surface area contributed by atoms with Gasteiger partial charge in [-0.2, -0.15) is 4.98 Å². The Bertz CT molecular complexity index is 1270. The van der Waals surface area contributed by atoms with Crippen LogP contribution < -0.4 is 0 Å². The van der Waals surface area contributed by atoms with Gasteiger partial charge in [-0.25, -0.2) is 4.98 Å². The van der Waals surface area contributed by atoms with Gasteiger partial charge in [0.1, 0.15) is 0 Å². The van der Waals surface area contributed by atoms with Crippen molar-refractivity contribution in [2.24, 2.45) is 0 Å². The molecule has 1 fully saturated rings. The van der Waals surface area contributed by atoms with E-state index < -0.39 is 0 Å². The molecule has 1 aliphatic rings. The van der Waals surface area contributed by atoms with Crippen molar-refractivity contribution in [2.75, 3.05) is 26.2 Å². The lowest BCUT2D eigenvalue weighted by Crippen LogP contribution is -2.47. The highest BCUT2D eigenvalue weighted by atomic mass is 35.5. The molecule has 0 unspecified atom stereocenters. The maximum absolute atomic E-state index is 12.6. The molecule has 32 heavy (non-hydrogen) atoms. The lowest BCUT2D eigenvalue weighted by atomic mass is 10.2. The standard InChI is InChI=1S/C21H18Cl2N6O2S/c22-15-3-1-14(2-4-15)20-24-17(31-26-20)13-27-7-9-28(10-8-27)18(30)6-5-16-19(23)25-21-29(16)11-12-32-21/h1-6,11-12H,7-10,13H2/b6-5+. The number of piperazine rings is 1.